The van der Waals surface area contributed by atoms with Gasteiger partial charge in [0.2, 0.25) is 0 Å². The molecule has 2 aromatic heterocycles. The van der Waals surface area contributed by atoms with E-state index >= 15 is 0 Å². The number of fused-ring (bicyclic) bond motifs is 1. The maximum atomic E-state index is 5.78. The second kappa shape index (κ2) is 4.30. The molecule has 0 aliphatic carbocycles. The lowest BCUT2D eigenvalue weighted by atomic mass is 10.2. The van der Waals surface area contributed by atoms with Crippen LogP contribution in [0.2, 0.25) is 0 Å². The third-order valence-electron chi connectivity index (χ3n) is 2.59. The van der Waals surface area contributed by atoms with E-state index in [4.69, 9.17) is 5.73 Å². The summed E-state index contributed by atoms with van der Waals surface area (Å²) < 4.78 is 1.77. The van der Waals surface area contributed by atoms with Crippen LogP contribution in [0.1, 0.15) is 0 Å². The molecule has 0 saturated carbocycles. The molecule has 90 valence electrons. The Morgan fingerprint density at radius 3 is 2.89 bits per heavy atom. The molecule has 0 aliphatic rings. The largest absolute Gasteiger partial charge is 0.383 e. The summed E-state index contributed by atoms with van der Waals surface area (Å²) in [5.74, 6) is 1.14. The van der Waals surface area contributed by atoms with Crippen LogP contribution < -0.4 is 5.73 Å². The lowest BCUT2D eigenvalue weighted by molar-refractivity contribution is 0.831. The number of benzene rings is 1. The van der Waals surface area contributed by atoms with Crippen LogP contribution in [0.15, 0.2) is 41.7 Å². The van der Waals surface area contributed by atoms with Crippen molar-refractivity contribution in [1.29, 1.82) is 0 Å². The number of nitrogen functional groups attached to an aromatic ring is 1. The third-order valence-corrected chi connectivity index (χ3v) is 3.14. The van der Waals surface area contributed by atoms with Crippen LogP contribution >= 0.6 is 11.8 Å². The fourth-order valence-corrected chi connectivity index (χ4v) is 2.17. The maximum Gasteiger partial charge on any atom is 0.191 e. The van der Waals surface area contributed by atoms with Crippen molar-refractivity contribution in [3.63, 3.8) is 0 Å². The molecular weight excluding hydrogens is 246 g/mol. The summed E-state index contributed by atoms with van der Waals surface area (Å²) >= 11 is 1.46. The molecule has 3 aromatic rings. The number of anilines is 1. The van der Waals surface area contributed by atoms with Gasteiger partial charge in [0, 0.05) is 11.5 Å². The van der Waals surface area contributed by atoms with Crippen molar-refractivity contribution in [2.24, 2.45) is 0 Å². The predicted octanol–water partition coefficient (Wildman–Crippen LogP) is 2.12. The first-order chi connectivity index (χ1) is 8.78. The standard InChI is InChI=1S/C12H11N5S/c1-18-12-15-10(13)6-11(16-12)17-9-5-3-2-4-8(9)7-14-17/h2-7H,1H3,(H2,13,15,16). The summed E-state index contributed by atoms with van der Waals surface area (Å²) in [7, 11) is 0. The van der Waals surface area contributed by atoms with E-state index in [9.17, 15) is 0 Å². The van der Waals surface area contributed by atoms with Gasteiger partial charge >= 0.3 is 0 Å². The molecule has 0 atom stereocenters. The van der Waals surface area contributed by atoms with Crippen LogP contribution in [-0.2, 0) is 0 Å². The number of aromatic nitrogens is 4. The predicted molar refractivity (Wildman–Crippen MR) is 72.9 cm³/mol. The number of rotatable bonds is 2. The van der Waals surface area contributed by atoms with Crippen LogP contribution in [0.3, 0.4) is 0 Å². The van der Waals surface area contributed by atoms with Crippen LogP contribution in [0.5, 0.6) is 0 Å². The zero-order valence-electron chi connectivity index (χ0n) is 9.74. The van der Waals surface area contributed by atoms with Crippen LogP contribution in [0.25, 0.3) is 16.7 Å². The van der Waals surface area contributed by atoms with Gasteiger partial charge in [0.25, 0.3) is 0 Å². The number of para-hydroxylation sites is 1. The van der Waals surface area contributed by atoms with Crippen LogP contribution in [-0.4, -0.2) is 26.0 Å². The number of nitrogens with zero attached hydrogens (tertiary/aromatic N) is 4. The molecule has 0 amide bonds. The van der Waals surface area contributed by atoms with Crippen molar-refractivity contribution >= 4 is 28.5 Å². The molecule has 2 N–H and O–H groups in total. The van der Waals surface area contributed by atoms with Gasteiger partial charge in [0.1, 0.15) is 5.82 Å². The highest BCUT2D eigenvalue weighted by molar-refractivity contribution is 7.98. The summed E-state index contributed by atoms with van der Waals surface area (Å²) in [6.45, 7) is 0. The summed E-state index contributed by atoms with van der Waals surface area (Å²) in [6, 6.07) is 9.69. The number of hydrogen-bond donors (Lipinski definition) is 1. The van der Waals surface area contributed by atoms with E-state index in [1.807, 2.05) is 36.7 Å². The molecule has 2 heterocycles. The first-order valence-corrected chi connectivity index (χ1v) is 6.62. The summed E-state index contributed by atoms with van der Waals surface area (Å²) in [5.41, 5.74) is 6.78. The van der Waals surface area contributed by atoms with Crippen LogP contribution in [0, 0.1) is 0 Å². The highest BCUT2D eigenvalue weighted by Crippen LogP contribution is 2.19. The molecule has 3 rings (SSSR count). The van der Waals surface area contributed by atoms with Crippen molar-refractivity contribution in [2.45, 2.75) is 5.16 Å². The van der Waals surface area contributed by atoms with Crippen LogP contribution in [0.4, 0.5) is 5.82 Å². The van der Waals surface area contributed by atoms with Gasteiger partial charge in [-0.25, -0.2) is 14.6 Å². The Morgan fingerprint density at radius 2 is 2.06 bits per heavy atom. The normalized spacial score (nSPS) is 10.9. The molecule has 0 radical (unpaired) electrons. The summed E-state index contributed by atoms with van der Waals surface area (Å²) in [4.78, 5) is 8.55. The van der Waals surface area contributed by atoms with E-state index in [1.54, 1.807) is 10.7 Å². The minimum Gasteiger partial charge on any atom is -0.383 e. The Hall–Kier alpha value is -2.08. The van der Waals surface area contributed by atoms with Gasteiger partial charge in [-0.3, -0.25) is 0 Å². The van der Waals surface area contributed by atoms with Gasteiger partial charge in [0.15, 0.2) is 11.0 Å². The highest BCUT2D eigenvalue weighted by atomic mass is 32.2. The van der Waals surface area contributed by atoms with E-state index in [-0.39, 0.29) is 0 Å². The number of hydrogen-bond acceptors (Lipinski definition) is 5. The molecule has 0 fully saturated rings. The van der Waals surface area contributed by atoms with Gasteiger partial charge in [-0.15, -0.1) is 0 Å². The van der Waals surface area contributed by atoms with Gasteiger partial charge in [-0.05, 0) is 12.3 Å². The lowest BCUT2D eigenvalue weighted by Gasteiger charge is -2.05. The van der Waals surface area contributed by atoms with Gasteiger partial charge in [0.05, 0.1) is 11.7 Å². The minimum absolute atomic E-state index is 0.448. The quantitative estimate of drug-likeness (QED) is 0.562. The molecule has 1 aromatic carbocycles. The fourth-order valence-electron chi connectivity index (χ4n) is 1.78. The zero-order chi connectivity index (χ0) is 12.5. The van der Waals surface area contributed by atoms with Gasteiger partial charge in [-0.2, -0.15) is 5.10 Å². The van der Waals surface area contributed by atoms with E-state index in [0.29, 0.717) is 16.8 Å². The number of thioether (sulfide) groups is 1. The minimum atomic E-state index is 0.448. The molecule has 0 saturated heterocycles. The Morgan fingerprint density at radius 1 is 1.22 bits per heavy atom. The van der Waals surface area contributed by atoms with Crippen molar-refractivity contribution in [3.05, 3.63) is 36.5 Å². The Bertz CT molecular complexity index is 707. The summed E-state index contributed by atoms with van der Waals surface area (Å²) in [6.07, 6.45) is 3.73. The third kappa shape index (κ3) is 1.80. The second-order valence-corrected chi connectivity index (χ2v) is 4.53. The van der Waals surface area contributed by atoms with Gasteiger partial charge < -0.3 is 5.73 Å². The average Bonchev–Trinajstić information content (AvgIpc) is 2.81. The van der Waals surface area contributed by atoms with E-state index in [2.05, 4.69) is 15.1 Å². The molecule has 18 heavy (non-hydrogen) atoms. The Kier molecular flexibility index (Phi) is 2.64. The van der Waals surface area contributed by atoms with Crippen molar-refractivity contribution in [2.75, 3.05) is 12.0 Å². The van der Waals surface area contributed by atoms with E-state index in [0.717, 1.165) is 10.9 Å². The van der Waals surface area contributed by atoms with Crippen molar-refractivity contribution in [3.8, 4) is 5.82 Å². The Labute approximate surface area is 108 Å². The van der Waals surface area contributed by atoms with Gasteiger partial charge in [-0.1, -0.05) is 30.0 Å². The fraction of sp³-hybridized carbons (Fsp3) is 0.0833. The average molecular weight is 257 g/mol. The first-order valence-electron chi connectivity index (χ1n) is 5.39. The maximum absolute atomic E-state index is 5.78. The highest BCUT2D eigenvalue weighted by Gasteiger charge is 2.08. The topological polar surface area (TPSA) is 69.6 Å². The number of nitrogens with two attached hydrogens (primary N) is 1. The molecule has 0 unspecified atom stereocenters. The smallest absolute Gasteiger partial charge is 0.191 e. The molecule has 0 spiro atoms. The summed E-state index contributed by atoms with van der Waals surface area (Å²) in [5, 5.41) is 6.06. The SMILES string of the molecule is CSc1nc(N)cc(-n2ncc3ccccc32)n1. The lowest BCUT2D eigenvalue weighted by Crippen LogP contribution is -2.03. The molecule has 0 bridgehead atoms. The van der Waals surface area contributed by atoms with Crippen molar-refractivity contribution < 1.29 is 0 Å². The van der Waals surface area contributed by atoms with Crippen molar-refractivity contribution in [1.82, 2.24) is 19.7 Å². The molecule has 6 heteroatoms. The molecular formula is C12H11N5S. The monoisotopic (exact) mass is 257 g/mol. The Balaban J connectivity index is 2.22. The first kappa shape index (κ1) is 11.0. The molecule has 0 aliphatic heterocycles. The molecule has 5 nitrogen and oxygen atoms in total. The second-order valence-electron chi connectivity index (χ2n) is 3.75. The zero-order valence-corrected chi connectivity index (χ0v) is 10.6. The van der Waals surface area contributed by atoms with E-state index < -0.39 is 0 Å². The van der Waals surface area contributed by atoms with E-state index in [1.165, 1.54) is 11.8 Å².